The number of pyridine rings is 1. The van der Waals surface area contributed by atoms with Crippen LogP contribution in [0.1, 0.15) is 0 Å². The Bertz CT molecular complexity index is 2430. The average Bonchev–Trinajstić information content (AvgIpc) is 3.57. The SMILES string of the molecule is c1ccc(-c2nc(-n3c4ccccc4c4ccn5c6ccccc6nc5c43)c3ccc4ccccc4c3n2)cc1. The Morgan fingerprint density at radius 3 is 2.15 bits per heavy atom. The molecule has 186 valence electrons. The lowest BCUT2D eigenvalue weighted by Gasteiger charge is -2.14. The average molecular weight is 512 g/mol. The molecule has 0 aliphatic carbocycles. The number of fused-ring (bicyclic) bond motifs is 10. The van der Waals surface area contributed by atoms with Crippen molar-refractivity contribution in [1.29, 1.82) is 0 Å². The van der Waals surface area contributed by atoms with E-state index >= 15 is 0 Å². The van der Waals surface area contributed by atoms with Gasteiger partial charge in [0, 0.05) is 33.3 Å². The first kappa shape index (κ1) is 21.4. The molecule has 5 aromatic carbocycles. The van der Waals surface area contributed by atoms with Crippen molar-refractivity contribution in [1.82, 2.24) is 23.9 Å². The number of nitrogens with zero attached hydrogens (tertiary/aromatic N) is 5. The van der Waals surface area contributed by atoms with Crippen LogP contribution in [0.5, 0.6) is 0 Å². The maximum atomic E-state index is 5.30. The predicted molar refractivity (Wildman–Crippen MR) is 163 cm³/mol. The second-order valence-electron chi connectivity index (χ2n) is 10.1. The van der Waals surface area contributed by atoms with Gasteiger partial charge in [-0.1, -0.05) is 91.0 Å². The van der Waals surface area contributed by atoms with Crippen LogP contribution < -0.4 is 0 Å². The molecule has 5 nitrogen and oxygen atoms in total. The lowest BCUT2D eigenvalue weighted by atomic mass is 10.1. The molecular formula is C35H21N5. The highest BCUT2D eigenvalue weighted by Gasteiger charge is 2.21. The van der Waals surface area contributed by atoms with E-state index in [9.17, 15) is 0 Å². The minimum absolute atomic E-state index is 0.700. The van der Waals surface area contributed by atoms with E-state index in [2.05, 4.69) is 112 Å². The van der Waals surface area contributed by atoms with Gasteiger partial charge in [0.1, 0.15) is 5.82 Å². The molecule has 0 saturated carbocycles. The molecule has 4 heterocycles. The monoisotopic (exact) mass is 511 g/mol. The Labute approximate surface area is 228 Å². The van der Waals surface area contributed by atoms with Crippen LogP contribution in [0.3, 0.4) is 0 Å². The Morgan fingerprint density at radius 1 is 0.500 bits per heavy atom. The molecular weight excluding hydrogens is 490 g/mol. The first-order valence-corrected chi connectivity index (χ1v) is 13.4. The summed E-state index contributed by atoms with van der Waals surface area (Å²) in [6.07, 6.45) is 2.13. The highest BCUT2D eigenvalue weighted by Crippen LogP contribution is 2.38. The zero-order valence-electron chi connectivity index (χ0n) is 21.4. The van der Waals surface area contributed by atoms with E-state index in [1.54, 1.807) is 0 Å². The fourth-order valence-electron chi connectivity index (χ4n) is 6.12. The Balaban J connectivity index is 1.52. The Morgan fingerprint density at radius 2 is 1.25 bits per heavy atom. The van der Waals surface area contributed by atoms with Gasteiger partial charge in [-0.25, -0.2) is 15.0 Å². The van der Waals surface area contributed by atoms with Crippen LogP contribution in [0.2, 0.25) is 0 Å². The van der Waals surface area contributed by atoms with Crippen molar-refractivity contribution in [2.24, 2.45) is 0 Å². The van der Waals surface area contributed by atoms with E-state index < -0.39 is 0 Å². The van der Waals surface area contributed by atoms with Gasteiger partial charge in [0.15, 0.2) is 11.5 Å². The van der Waals surface area contributed by atoms with Crippen LogP contribution in [0.25, 0.3) is 77.4 Å². The second kappa shape index (κ2) is 7.98. The molecule has 9 rings (SSSR count). The van der Waals surface area contributed by atoms with Crippen LogP contribution in [0.15, 0.2) is 128 Å². The van der Waals surface area contributed by atoms with Crippen molar-refractivity contribution in [3.8, 4) is 17.2 Å². The number of hydrogen-bond acceptors (Lipinski definition) is 3. The van der Waals surface area contributed by atoms with Gasteiger partial charge < -0.3 is 0 Å². The number of hydrogen-bond donors (Lipinski definition) is 0. The van der Waals surface area contributed by atoms with E-state index in [-0.39, 0.29) is 0 Å². The number of benzene rings is 5. The highest BCUT2D eigenvalue weighted by molar-refractivity contribution is 6.16. The molecule has 40 heavy (non-hydrogen) atoms. The normalized spacial score (nSPS) is 12.0. The van der Waals surface area contributed by atoms with E-state index in [0.29, 0.717) is 5.82 Å². The maximum absolute atomic E-state index is 5.30. The molecule has 0 unspecified atom stereocenters. The quantitative estimate of drug-likeness (QED) is 0.219. The summed E-state index contributed by atoms with van der Waals surface area (Å²) in [5, 5.41) is 5.58. The van der Waals surface area contributed by atoms with Crippen LogP contribution >= 0.6 is 0 Å². The topological polar surface area (TPSA) is 48.0 Å². The van der Waals surface area contributed by atoms with E-state index in [0.717, 1.165) is 66.2 Å². The number of imidazole rings is 1. The van der Waals surface area contributed by atoms with Gasteiger partial charge in [0.05, 0.1) is 27.6 Å². The fraction of sp³-hybridized carbons (Fsp3) is 0. The van der Waals surface area contributed by atoms with Crippen LogP contribution in [-0.2, 0) is 0 Å². The van der Waals surface area contributed by atoms with Gasteiger partial charge >= 0.3 is 0 Å². The van der Waals surface area contributed by atoms with Gasteiger partial charge in [0.2, 0.25) is 0 Å². The third-order valence-corrected chi connectivity index (χ3v) is 7.93. The molecule has 0 N–H and O–H groups in total. The van der Waals surface area contributed by atoms with Crippen molar-refractivity contribution in [3.05, 3.63) is 128 Å². The summed E-state index contributed by atoms with van der Waals surface area (Å²) in [6.45, 7) is 0. The van der Waals surface area contributed by atoms with Gasteiger partial charge in [-0.3, -0.25) is 8.97 Å². The maximum Gasteiger partial charge on any atom is 0.163 e. The third-order valence-electron chi connectivity index (χ3n) is 7.93. The molecule has 0 amide bonds. The van der Waals surface area contributed by atoms with Crippen LogP contribution in [-0.4, -0.2) is 23.9 Å². The van der Waals surface area contributed by atoms with Gasteiger partial charge in [0.25, 0.3) is 0 Å². The van der Waals surface area contributed by atoms with Crippen molar-refractivity contribution in [2.75, 3.05) is 0 Å². The largest absolute Gasteiger partial charge is 0.298 e. The fourth-order valence-corrected chi connectivity index (χ4v) is 6.12. The summed E-state index contributed by atoms with van der Waals surface area (Å²) >= 11 is 0. The standard InChI is InChI=1S/C35H21N5/c1-2-11-23(12-3-1)33-37-31-24-13-5-4-10-22(24)18-19-27(31)34(38-33)40-29-16-8-6-14-25(29)26-20-21-39-30-17-9-7-15-28(30)36-35(39)32(26)40/h1-21H. The lowest BCUT2D eigenvalue weighted by Crippen LogP contribution is -2.04. The molecule has 0 atom stereocenters. The van der Waals surface area contributed by atoms with Crippen molar-refractivity contribution < 1.29 is 0 Å². The molecule has 0 spiro atoms. The summed E-state index contributed by atoms with van der Waals surface area (Å²) in [5.41, 5.74) is 7.00. The van der Waals surface area contributed by atoms with E-state index in [1.807, 2.05) is 24.3 Å². The summed E-state index contributed by atoms with van der Waals surface area (Å²) in [5.74, 6) is 1.55. The van der Waals surface area contributed by atoms with Crippen LogP contribution in [0.4, 0.5) is 0 Å². The minimum Gasteiger partial charge on any atom is -0.298 e. The zero-order valence-corrected chi connectivity index (χ0v) is 21.4. The molecule has 0 aliphatic heterocycles. The summed E-state index contributed by atoms with van der Waals surface area (Å²) in [6, 6.07) is 42.0. The highest BCUT2D eigenvalue weighted by atomic mass is 15.1. The van der Waals surface area contributed by atoms with Crippen molar-refractivity contribution >= 4 is 60.2 Å². The Hall–Kier alpha value is -5.55. The number of para-hydroxylation sites is 3. The van der Waals surface area contributed by atoms with Gasteiger partial charge in [-0.15, -0.1) is 0 Å². The summed E-state index contributed by atoms with van der Waals surface area (Å²) in [4.78, 5) is 15.6. The molecule has 0 bridgehead atoms. The smallest absolute Gasteiger partial charge is 0.163 e. The molecule has 0 radical (unpaired) electrons. The number of aromatic nitrogens is 5. The molecule has 0 saturated heterocycles. The minimum atomic E-state index is 0.700. The van der Waals surface area contributed by atoms with E-state index in [4.69, 9.17) is 15.0 Å². The van der Waals surface area contributed by atoms with Crippen molar-refractivity contribution in [3.63, 3.8) is 0 Å². The predicted octanol–water partition coefficient (Wildman–Crippen LogP) is 8.35. The lowest BCUT2D eigenvalue weighted by molar-refractivity contribution is 1.07. The van der Waals surface area contributed by atoms with Crippen molar-refractivity contribution in [2.45, 2.75) is 0 Å². The molecule has 0 aliphatic rings. The number of rotatable bonds is 2. The summed E-state index contributed by atoms with van der Waals surface area (Å²) < 4.78 is 4.47. The summed E-state index contributed by atoms with van der Waals surface area (Å²) in [7, 11) is 0. The first-order chi connectivity index (χ1) is 19.8. The molecule has 4 aromatic heterocycles. The third kappa shape index (κ3) is 2.89. The zero-order chi connectivity index (χ0) is 26.2. The molecule has 5 heteroatoms. The van der Waals surface area contributed by atoms with Gasteiger partial charge in [-0.05, 0) is 35.7 Å². The molecule has 0 fully saturated rings. The Kier molecular flexibility index (Phi) is 4.27. The second-order valence-corrected chi connectivity index (χ2v) is 10.1. The van der Waals surface area contributed by atoms with E-state index in [1.165, 1.54) is 5.39 Å². The first-order valence-electron chi connectivity index (χ1n) is 13.4. The van der Waals surface area contributed by atoms with Gasteiger partial charge in [-0.2, -0.15) is 0 Å². The van der Waals surface area contributed by atoms with Crippen LogP contribution in [0, 0.1) is 0 Å². The molecule has 9 aromatic rings.